The van der Waals surface area contributed by atoms with E-state index in [0.29, 0.717) is 25.7 Å². The fraction of sp³-hybridized carbons (Fsp3) is 0.579. The van der Waals surface area contributed by atoms with E-state index in [1.165, 1.54) is 24.0 Å². The van der Waals surface area contributed by atoms with Gasteiger partial charge in [0, 0.05) is 25.7 Å². The van der Waals surface area contributed by atoms with Gasteiger partial charge in [0.2, 0.25) is 0 Å². The first kappa shape index (κ1) is 15.9. The van der Waals surface area contributed by atoms with E-state index < -0.39 is 0 Å². The van der Waals surface area contributed by atoms with Gasteiger partial charge < -0.3 is 0 Å². The Kier molecular flexibility index (Phi) is 6.65. The second-order valence-electron chi connectivity index (χ2n) is 6.17. The molecule has 0 saturated heterocycles. The number of ketones is 2. The molecule has 0 atom stereocenters. The Morgan fingerprint density at radius 3 is 1.76 bits per heavy atom. The molecule has 1 aliphatic rings. The Morgan fingerprint density at radius 2 is 1.10 bits per heavy atom. The largest absolute Gasteiger partial charge is 0.300 e. The third kappa shape index (κ3) is 6.24. The number of rotatable bonds is 0. The summed E-state index contributed by atoms with van der Waals surface area (Å²) in [5, 5.41) is 0. The summed E-state index contributed by atoms with van der Waals surface area (Å²) in [5.74, 6) is 0.507. The zero-order chi connectivity index (χ0) is 14.9. The van der Waals surface area contributed by atoms with Crippen LogP contribution in [0, 0.1) is 0 Å². The predicted molar refractivity (Wildman–Crippen MR) is 85.4 cm³/mol. The normalized spacial score (nSPS) is 19.4. The Morgan fingerprint density at radius 1 is 0.571 bits per heavy atom. The maximum absolute atomic E-state index is 11.8. The number of hydrogen-bond donors (Lipinski definition) is 0. The number of Topliss-reactive ketones (excluding diaryl/α,β-unsaturated/α-hetero) is 2. The van der Waals surface area contributed by atoms with Crippen LogP contribution < -0.4 is 0 Å². The molecule has 0 heterocycles. The van der Waals surface area contributed by atoms with Crippen LogP contribution in [-0.2, 0) is 22.4 Å². The molecule has 0 unspecified atom stereocenters. The molecule has 0 aromatic heterocycles. The number of aryl methyl sites for hydroxylation is 2. The monoisotopic (exact) mass is 286 g/mol. The molecule has 0 radical (unpaired) electrons. The van der Waals surface area contributed by atoms with Crippen molar-refractivity contribution in [3.63, 3.8) is 0 Å². The molecule has 2 rings (SSSR count). The molecule has 2 bridgehead atoms. The molecule has 0 N–H and O–H groups in total. The standard InChI is InChI=1S/C19H26O2/c20-18-11-4-2-1-3-7-16-8-5-9-17(15-16)10-6-12-19(21)14-13-18/h5,8-9,15H,1-4,6-7,10-14H2. The zero-order valence-corrected chi connectivity index (χ0v) is 12.9. The molecule has 0 saturated carbocycles. The highest BCUT2D eigenvalue weighted by Crippen LogP contribution is 2.15. The maximum atomic E-state index is 11.8. The second kappa shape index (κ2) is 8.76. The first-order valence-corrected chi connectivity index (χ1v) is 8.35. The lowest BCUT2D eigenvalue weighted by molar-refractivity contribution is -0.124. The van der Waals surface area contributed by atoms with Crippen molar-refractivity contribution in [2.75, 3.05) is 0 Å². The van der Waals surface area contributed by atoms with Crippen LogP contribution in [0.3, 0.4) is 0 Å². The first-order chi connectivity index (χ1) is 10.2. The van der Waals surface area contributed by atoms with Gasteiger partial charge in [-0.2, -0.15) is 0 Å². The SMILES string of the molecule is O=C1CCCCCCc2cccc(c2)CCCC(=O)CC1. The van der Waals surface area contributed by atoms with Gasteiger partial charge in [0.25, 0.3) is 0 Å². The average molecular weight is 286 g/mol. The van der Waals surface area contributed by atoms with Crippen molar-refractivity contribution in [1.29, 1.82) is 0 Å². The van der Waals surface area contributed by atoms with Crippen molar-refractivity contribution in [3.8, 4) is 0 Å². The van der Waals surface area contributed by atoms with Crippen LogP contribution in [0.2, 0.25) is 0 Å². The number of hydrogen-bond acceptors (Lipinski definition) is 2. The lowest BCUT2D eigenvalue weighted by atomic mass is 9.98. The highest BCUT2D eigenvalue weighted by molar-refractivity contribution is 5.85. The first-order valence-electron chi connectivity index (χ1n) is 8.35. The molecule has 0 spiro atoms. The van der Waals surface area contributed by atoms with E-state index in [1.807, 2.05) is 0 Å². The summed E-state index contributed by atoms with van der Waals surface area (Å²) in [6, 6.07) is 8.77. The summed E-state index contributed by atoms with van der Waals surface area (Å²) in [6.07, 6.45) is 9.65. The van der Waals surface area contributed by atoms with E-state index in [-0.39, 0.29) is 11.6 Å². The summed E-state index contributed by atoms with van der Waals surface area (Å²) in [4.78, 5) is 23.5. The highest BCUT2D eigenvalue weighted by Gasteiger charge is 2.08. The molecule has 0 fully saturated rings. The average Bonchev–Trinajstić information content (AvgIpc) is 2.48. The van der Waals surface area contributed by atoms with Gasteiger partial charge in [-0.15, -0.1) is 0 Å². The molecule has 2 nitrogen and oxygen atoms in total. The molecule has 1 aliphatic carbocycles. The van der Waals surface area contributed by atoms with E-state index in [0.717, 1.165) is 32.1 Å². The van der Waals surface area contributed by atoms with E-state index in [4.69, 9.17) is 0 Å². The van der Waals surface area contributed by atoms with Crippen LogP contribution in [0.1, 0.15) is 68.9 Å². The molecule has 21 heavy (non-hydrogen) atoms. The van der Waals surface area contributed by atoms with Gasteiger partial charge in [-0.3, -0.25) is 9.59 Å². The van der Waals surface area contributed by atoms with Gasteiger partial charge in [0.1, 0.15) is 11.6 Å². The van der Waals surface area contributed by atoms with Gasteiger partial charge in [-0.05, 0) is 43.2 Å². The van der Waals surface area contributed by atoms with Gasteiger partial charge in [-0.25, -0.2) is 0 Å². The summed E-state index contributed by atoms with van der Waals surface area (Å²) >= 11 is 0. The van der Waals surface area contributed by atoms with Crippen LogP contribution in [-0.4, -0.2) is 11.6 Å². The molecule has 2 heteroatoms. The van der Waals surface area contributed by atoms with E-state index in [9.17, 15) is 9.59 Å². The minimum absolute atomic E-state index is 0.242. The zero-order valence-electron chi connectivity index (χ0n) is 12.9. The molecule has 1 aromatic rings. The van der Waals surface area contributed by atoms with Gasteiger partial charge >= 0.3 is 0 Å². The molecule has 114 valence electrons. The van der Waals surface area contributed by atoms with Crippen LogP contribution >= 0.6 is 0 Å². The van der Waals surface area contributed by atoms with Gasteiger partial charge in [0.05, 0.1) is 0 Å². The number of fused-ring (bicyclic) bond motifs is 2. The molecule has 0 amide bonds. The van der Waals surface area contributed by atoms with Crippen molar-refractivity contribution in [2.45, 2.75) is 70.6 Å². The van der Waals surface area contributed by atoms with Gasteiger partial charge in [0.15, 0.2) is 0 Å². The van der Waals surface area contributed by atoms with Gasteiger partial charge in [-0.1, -0.05) is 37.1 Å². The molecular weight excluding hydrogens is 260 g/mol. The predicted octanol–water partition coefficient (Wildman–Crippen LogP) is 4.43. The van der Waals surface area contributed by atoms with Crippen molar-refractivity contribution in [2.24, 2.45) is 0 Å². The molecular formula is C19H26O2. The van der Waals surface area contributed by atoms with Crippen LogP contribution in [0.25, 0.3) is 0 Å². The maximum Gasteiger partial charge on any atom is 0.133 e. The Hall–Kier alpha value is -1.44. The van der Waals surface area contributed by atoms with Crippen molar-refractivity contribution in [1.82, 2.24) is 0 Å². The number of carbonyl (C=O) groups excluding carboxylic acids is 2. The lowest BCUT2D eigenvalue weighted by Gasteiger charge is -2.07. The molecule has 1 aromatic carbocycles. The Balaban J connectivity index is 1.93. The third-order valence-electron chi connectivity index (χ3n) is 4.27. The minimum Gasteiger partial charge on any atom is -0.300 e. The summed E-state index contributed by atoms with van der Waals surface area (Å²) < 4.78 is 0. The summed E-state index contributed by atoms with van der Waals surface area (Å²) in [6.45, 7) is 0. The van der Waals surface area contributed by atoms with E-state index in [1.54, 1.807) is 0 Å². The van der Waals surface area contributed by atoms with Crippen LogP contribution in [0.4, 0.5) is 0 Å². The van der Waals surface area contributed by atoms with Crippen LogP contribution in [0.5, 0.6) is 0 Å². The lowest BCUT2D eigenvalue weighted by Crippen LogP contribution is -2.05. The van der Waals surface area contributed by atoms with E-state index in [2.05, 4.69) is 24.3 Å². The quantitative estimate of drug-likeness (QED) is 0.707. The fourth-order valence-electron chi connectivity index (χ4n) is 2.96. The minimum atomic E-state index is 0.242. The smallest absolute Gasteiger partial charge is 0.133 e. The summed E-state index contributed by atoms with van der Waals surface area (Å²) in [5.41, 5.74) is 2.74. The Bertz CT molecular complexity index is 476. The van der Waals surface area contributed by atoms with Crippen LogP contribution in [0.15, 0.2) is 24.3 Å². The number of benzene rings is 1. The number of carbonyl (C=O) groups is 2. The highest BCUT2D eigenvalue weighted by atomic mass is 16.1. The fourth-order valence-corrected chi connectivity index (χ4v) is 2.96. The topological polar surface area (TPSA) is 34.1 Å². The van der Waals surface area contributed by atoms with E-state index >= 15 is 0 Å². The van der Waals surface area contributed by atoms with Crippen molar-refractivity contribution in [3.05, 3.63) is 35.4 Å². The Labute approximate surface area is 127 Å². The third-order valence-corrected chi connectivity index (χ3v) is 4.27. The van der Waals surface area contributed by atoms with Crippen molar-refractivity contribution >= 4 is 11.6 Å². The summed E-state index contributed by atoms with van der Waals surface area (Å²) in [7, 11) is 0. The second-order valence-corrected chi connectivity index (χ2v) is 6.17. The van der Waals surface area contributed by atoms with Crippen molar-refractivity contribution < 1.29 is 9.59 Å². The molecule has 0 aliphatic heterocycles.